The SMILES string of the molecule is CCOC(=O)CCC(=O)N1Cc2cc(OC)c(OCCCOc3cc4c(c(F)c3OC)CN(C(=O)CCC(=O)OCC)C4)cc2C1. The number of hydrogen-bond acceptors (Lipinski definition) is 10. The molecule has 0 radical (unpaired) electrons. The van der Waals surface area contributed by atoms with Crippen molar-refractivity contribution in [3.8, 4) is 23.0 Å². The highest BCUT2D eigenvalue weighted by Crippen LogP contribution is 2.39. The molecule has 0 N–H and O–H groups in total. The van der Waals surface area contributed by atoms with Gasteiger partial charge >= 0.3 is 11.9 Å². The van der Waals surface area contributed by atoms with Crippen molar-refractivity contribution in [2.24, 2.45) is 0 Å². The fourth-order valence-electron chi connectivity index (χ4n) is 5.41. The second-order valence-corrected chi connectivity index (χ2v) is 10.8. The summed E-state index contributed by atoms with van der Waals surface area (Å²) in [7, 11) is 2.89. The number of halogens is 1. The minimum Gasteiger partial charge on any atom is -0.493 e. The van der Waals surface area contributed by atoms with Gasteiger partial charge in [-0.25, -0.2) is 4.39 Å². The zero-order valence-corrected chi connectivity index (χ0v) is 26.8. The Labute approximate surface area is 267 Å². The third-order valence-corrected chi connectivity index (χ3v) is 7.71. The average Bonchev–Trinajstić information content (AvgIpc) is 3.67. The molecule has 2 aromatic carbocycles. The molecule has 13 heteroatoms. The van der Waals surface area contributed by atoms with Gasteiger partial charge in [0.05, 0.1) is 53.5 Å². The van der Waals surface area contributed by atoms with Gasteiger partial charge in [-0.2, -0.15) is 0 Å². The number of ether oxygens (including phenoxy) is 6. The van der Waals surface area contributed by atoms with E-state index < -0.39 is 17.8 Å². The molecule has 0 aliphatic carbocycles. The zero-order chi connectivity index (χ0) is 33.2. The molecular weight excluding hydrogens is 603 g/mol. The van der Waals surface area contributed by atoms with E-state index in [2.05, 4.69) is 0 Å². The fourth-order valence-corrected chi connectivity index (χ4v) is 5.41. The fraction of sp³-hybridized carbons (Fsp3) is 0.515. The maximum Gasteiger partial charge on any atom is 0.306 e. The highest BCUT2D eigenvalue weighted by molar-refractivity contribution is 5.82. The zero-order valence-electron chi connectivity index (χ0n) is 26.8. The molecule has 0 spiro atoms. The van der Waals surface area contributed by atoms with Gasteiger partial charge in [0.25, 0.3) is 0 Å². The van der Waals surface area contributed by atoms with Crippen molar-refractivity contribution in [1.82, 2.24) is 9.80 Å². The first-order valence-electron chi connectivity index (χ1n) is 15.4. The molecule has 2 amide bonds. The first-order valence-corrected chi connectivity index (χ1v) is 15.4. The van der Waals surface area contributed by atoms with Crippen molar-refractivity contribution in [2.75, 3.05) is 40.6 Å². The average molecular weight is 645 g/mol. The summed E-state index contributed by atoms with van der Waals surface area (Å²) in [5.41, 5.74) is 2.86. The standard InChI is InChI=1S/C33H41FN2O10/c1-5-43-30(39)10-8-28(37)35-17-21-14-25(41-3)26(15-22(21)18-35)45-12-7-13-46-27-16-23-19-36(20-24(23)32(34)33(27)42-4)29(38)9-11-31(40)44-6-2/h14-16H,5-13,17-20H2,1-4H3. The minimum absolute atomic E-state index is 0.0164. The van der Waals surface area contributed by atoms with Crippen LogP contribution in [-0.4, -0.2) is 74.2 Å². The van der Waals surface area contributed by atoms with Crippen molar-refractivity contribution in [3.63, 3.8) is 0 Å². The molecule has 12 nitrogen and oxygen atoms in total. The molecule has 0 aromatic heterocycles. The minimum atomic E-state index is -0.580. The van der Waals surface area contributed by atoms with Crippen LogP contribution >= 0.6 is 0 Å². The van der Waals surface area contributed by atoms with Gasteiger partial charge < -0.3 is 38.2 Å². The number of carbonyl (C=O) groups is 4. The maximum absolute atomic E-state index is 15.4. The normalized spacial score (nSPS) is 13.2. The number of carbonyl (C=O) groups excluding carboxylic acids is 4. The van der Waals surface area contributed by atoms with Gasteiger partial charge in [0.1, 0.15) is 0 Å². The Kier molecular flexibility index (Phi) is 12.0. The van der Waals surface area contributed by atoms with Crippen molar-refractivity contribution in [3.05, 3.63) is 46.3 Å². The molecule has 2 aromatic rings. The van der Waals surface area contributed by atoms with Crippen LogP contribution in [0.15, 0.2) is 18.2 Å². The van der Waals surface area contributed by atoms with Gasteiger partial charge in [-0.3, -0.25) is 19.2 Å². The Morgan fingerprint density at radius 2 is 1.17 bits per heavy atom. The second kappa shape index (κ2) is 16.1. The van der Waals surface area contributed by atoms with Crippen molar-refractivity contribution in [1.29, 1.82) is 0 Å². The van der Waals surface area contributed by atoms with E-state index in [-0.39, 0.29) is 88.5 Å². The van der Waals surface area contributed by atoms with E-state index in [1.54, 1.807) is 31.9 Å². The van der Waals surface area contributed by atoms with Crippen LogP contribution in [0.1, 0.15) is 68.2 Å². The van der Waals surface area contributed by atoms with E-state index in [1.807, 2.05) is 12.1 Å². The number of rotatable bonds is 16. The second-order valence-electron chi connectivity index (χ2n) is 10.8. The number of methoxy groups -OCH3 is 2. The Hall–Kier alpha value is -4.55. The van der Waals surface area contributed by atoms with Crippen LogP contribution < -0.4 is 18.9 Å². The molecule has 2 aliphatic heterocycles. The van der Waals surface area contributed by atoms with Gasteiger partial charge in [0.2, 0.25) is 11.8 Å². The van der Waals surface area contributed by atoms with Gasteiger partial charge in [-0.15, -0.1) is 0 Å². The van der Waals surface area contributed by atoms with Gasteiger partial charge in [-0.1, -0.05) is 0 Å². The summed E-state index contributed by atoms with van der Waals surface area (Å²) in [6, 6.07) is 5.38. The van der Waals surface area contributed by atoms with Gasteiger partial charge in [0, 0.05) is 51.0 Å². The highest BCUT2D eigenvalue weighted by Gasteiger charge is 2.30. The number of hydrogen-bond donors (Lipinski definition) is 0. The predicted octanol–water partition coefficient (Wildman–Crippen LogP) is 4.06. The van der Waals surface area contributed by atoms with E-state index in [0.29, 0.717) is 42.1 Å². The van der Waals surface area contributed by atoms with Gasteiger partial charge in [-0.05, 0) is 48.7 Å². The lowest BCUT2D eigenvalue weighted by atomic mass is 10.1. The molecule has 0 fully saturated rings. The first kappa shape index (κ1) is 34.3. The van der Waals surface area contributed by atoms with Crippen LogP contribution in [0.3, 0.4) is 0 Å². The molecule has 0 atom stereocenters. The molecule has 4 rings (SSSR count). The number of nitrogens with zero attached hydrogens (tertiary/aromatic N) is 2. The highest BCUT2D eigenvalue weighted by atomic mass is 19.1. The molecule has 46 heavy (non-hydrogen) atoms. The molecule has 2 aliphatic rings. The summed E-state index contributed by atoms with van der Waals surface area (Å²) in [6.45, 7) is 5.52. The summed E-state index contributed by atoms with van der Waals surface area (Å²) >= 11 is 0. The molecule has 0 bridgehead atoms. The third kappa shape index (κ3) is 8.38. The van der Waals surface area contributed by atoms with Crippen LogP contribution in [0.4, 0.5) is 4.39 Å². The summed E-state index contributed by atoms with van der Waals surface area (Å²) in [4.78, 5) is 51.7. The summed E-state index contributed by atoms with van der Waals surface area (Å²) < 4.78 is 47.8. The van der Waals surface area contributed by atoms with E-state index in [9.17, 15) is 19.2 Å². The molecular formula is C33H41FN2O10. The maximum atomic E-state index is 15.4. The number of fused-ring (bicyclic) bond motifs is 2. The van der Waals surface area contributed by atoms with Crippen molar-refractivity contribution >= 4 is 23.8 Å². The lowest BCUT2D eigenvalue weighted by Gasteiger charge is -2.15. The number of amides is 2. The lowest BCUT2D eigenvalue weighted by Crippen LogP contribution is -2.26. The molecule has 0 saturated carbocycles. The number of esters is 2. The van der Waals surface area contributed by atoms with Crippen LogP contribution in [0.5, 0.6) is 23.0 Å². The predicted molar refractivity (Wildman–Crippen MR) is 162 cm³/mol. The van der Waals surface area contributed by atoms with E-state index in [4.69, 9.17) is 28.4 Å². The topological polar surface area (TPSA) is 130 Å². The van der Waals surface area contributed by atoms with Gasteiger partial charge in [0.15, 0.2) is 28.8 Å². The van der Waals surface area contributed by atoms with Crippen molar-refractivity contribution in [2.45, 2.75) is 72.1 Å². The van der Waals surface area contributed by atoms with Crippen LogP contribution in [0.25, 0.3) is 0 Å². The van der Waals surface area contributed by atoms with Crippen LogP contribution in [0.2, 0.25) is 0 Å². The smallest absolute Gasteiger partial charge is 0.306 e. The Morgan fingerprint density at radius 1 is 0.674 bits per heavy atom. The first-order chi connectivity index (χ1) is 22.2. The summed E-state index contributed by atoms with van der Waals surface area (Å²) in [6.07, 6.45) is 0.534. The molecule has 0 saturated heterocycles. The largest absolute Gasteiger partial charge is 0.493 e. The van der Waals surface area contributed by atoms with E-state index >= 15 is 4.39 Å². The van der Waals surface area contributed by atoms with Crippen LogP contribution in [0, 0.1) is 5.82 Å². The molecule has 0 unspecified atom stereocenters. The Balaban J connectivity index is 1.29. The summed E-state index contributed by atoms with van der Waals surface area (Å²) in [5, 5.41) is 0. The summed E-state index contributed by atoms with van der Waals surface area (Å²) in [5.74, 6) is -0.576. The third-order valence-electron chi connectivity index (χ3n) is 7.71. The number of benzene rings is 2. The van der Waals surface area contributed by atoms with Crippen LogP contribution in [-0.2, 0) is 54.8 Å². The molecule has 250 valence electrons. The monoisotopic (exact) mass is 644 g/mol. The molecule has 2 heterocycles. The quantitative estimate of drug-likeness (QED) is 0.195. The lowest BCUT2D eigenvalue weighted by molar-refractivity contribution is -0.146. The van der Waals surface area contributed by atoms with Crippen molar-refractivity contribution < 1.29 is 52.0 Å². The van der Waals surface area contributed by atoms with E-state index in [0.717, 1.165) is 11.1 Å². The Morgan fingerprint density at radius 3 is 1.72 bits per heavy atom. The Bertz CT molecular complexity index is 1450. The van der Waals surface area contributed by atoms with E-state index in [1.165, 1.54) is 12.0 Å².